The SMILES string of the molecule is Cc1cc(O)cc(C)c1C[C@H](N)C(=O)N[C@H](CS)C(=O)N[C@@H](Cc1ccccc1)C(=O)N[C@@H](C(=O)O)C(C)(C)S. The molecule has 0 saturated carbocycles. The molecule has 7 N–H and O–H groups in total. The number of aliphatic carboxylic acids is 1. The normalized spacial score (nSPS) is 14.4. The Hall–Kier alpha value is -3.22. The fourth-order valence-electron chi connectivity index (χ4n) is 4.19. The number of phenols is 1. The number of carboxylic acids is 1. The van der Waals surface area contributed by atoms with Gasteiger partial charge in [0, 0.05) is 16.9 Å². The quantitative estimate of drug-likeness (QED) is 0.163. The van der Waals surface area contributed by atoms with Crippen LogP contribution in [-0.4, -0.2) is 68.6 Å². The van der Waals surface area contributed by atoms with Crippen LogP contribution in [0.3, 0.4) is 0 Å². The molecule has 0 heterocycles. The van der Waals surface area contributed by atoms with E-state index in [4.69, 9.17) is 5.73 Å². The van der Waals surface area contributed by atoms with Crippen LogP contribution in [-0.2, 0) is 32.0 Å². The van der Waals surface area contributed by atoms with E-state index in [9.17, 15) is 29.4 Å². The Labute approximate surface area is 245 Å². The molecule has 0 saturated heterocycles. The minimum Gasteiger partial charge on any atom is -0.508 e. The van der Waals surface area contributed by atoms with E-state index in [1.807, 2.05) is 0 Å². The zero-order valence-corrected chi connectivity index (χ0v) is 24.8. The molecule has 40 heavy (non-hydrogen) atoms. The molecule has 0 aliphatic heterocycles. The maximum absolute atomic E-state index is 13.2. The second kappa shape index (κ2) is 14.4. The minimum atomic E-state index is -1.33. The van der Waals surface area contributed by atoms with E-state index in [0.29, 0.717) is 0 Å². The molecule has 4 atom stereocenters. The van der Waals surface area contributed by atoms with Crippen LogP contribution < -0.4 is 21.7 Å². The first-order valence-corrected chi connectivity index (χ1v) is 13.8. The molecule has 0 radical (unpaired) electrons. The molecule has 0 bridgehead atoms. The summed E-state index contributed by atoms with van der Waals surface area (Å²) in [5, 5.41) is 27.1. The average Bonchev–Trinajstić information content (AvgIpc) is 2.86. The Bertz CT molecular complexity index is 1200. The predicted octanol–water partition coefficient (Wildman–Crippen LogP) is 1.30. The largest absolute Gasteiger partial charge is 0.508 e. The molecule has 10 nitrogen and oxygen atoms in total. The monoisotopic (exact) mass is 590 g/mol. The van der Waals surface area contributed by atoms with Crippen LogP contribution in [0.15, 0.2) is 42.5 Å². The zero-order valence-electron chi connectivity index (χ0n) is 23.0. The van der Waals surface area contributed by atoms with Crippen LogP contribution in [0.4, 0.5) is 0 Å². The number of carbonyl (C=O) groups is 4. The molecule has 2 aromatic carbocycles. The first kappa shape index (κ1) is 33.0. The van der Waals surface area contributed by atoms with Crippen LogP contribution in [0.2, 0.25) is 0 Å². The van der Waals surface area contributed by atoms with Crippen molar-refractivity contribution >= 4 is 48.9 Å². The molecule has 2 aromatic rings. The van der Waals surface area contributed by atoms with Gasteiger partial charge in [0.25, 0.3) is 0 Å². The van der Waals surface area contributed by atoms with Crippen LogP contribution in [0.1, 0.15) is 36.1 Å². The summed E-state index contributed by atoms with van der Waals surface area (Å²) >= 11 is 8.50. The standard InChI is InChI=1S/C28H38N4O6S2/c1-15-10-18(33)11-16(2)19(15)13-20(29)24(34)31-22(14-39)26(36)30-21(12-17-8-6-5-7-9-17)25(35)32-23(27(37)38)28(3,4)40/h5-11,20-23,33,39-40H,12-14,29H2,1-4H3,(H,30,36)(H,31,34)(H,32,35)(H,37,38)/t20-,21-,22+,23-/m0/s1. The van der Waals surface area contributed by atoms with E-state index in [0.717, 1.165) is 22.3 Å². The van der Waals surface area contributed by atoms with E-state index in [1.165, 1.54) is 0 Å². The summed E-state index contributed by atoms with van der Waals surface area (Å²) in [5.74, 6) is -3.22. The fraction of sp³-hybridized carbons (Fsp3) is 0.429. The smallest absolute Gasteiger partial charge is 0.327 e. The number of hydrogen-bond acceptors (Lipinski definition) is 8. The maximum Gasteiger partial charge on any atom is 0.327 e. The topological polar surface area (TPSA) is 171 Å². The van der Waals surface area contributed by atoms with Gasteiger partial charge in [-0.25, -0.2) is 4.79 Å². The third-order valence-electron chi connectivity index (χ3n) is 6.41. The number of benzene rings is 2. The van der Waals surface area contributed by atoms with E-state index in [1.54, 1.807) is 70.2 Å². The first-order valence-electron chi connectivity index (χ1n) is 12.7. The minimum absolute atomic E-state index is 0.0733. The van der Waals surface area contributed by atoms with Gasteiger partial charge in [-0.2, -0.15) is 25.3 Å². The number of amides is 3. The number of nitrogens with one attached hydrogen (secondary N) is 3. The third-order valence-corrected chi connectivity index (χ3v) is 7.04. The Balaban J connectivity index is 2.18. The van der Waals surface area contributed by atoms with Gasteiger partial charge in [0.2, 0.25) is 17.7 Å². The molecule has 0 aliphatic rings. The van der Waals surface area contributed by atoms with Crippen LogP contribution >= 0.6 is 25.3 Å². The van der Waals surface area contributed by atoms with Crippen molar-refractivity contribution in [3.05, 3.63) is 64.7 Å². The number of nitrogens with two attached hydrogens (primary N) is 1. The van der Waals surface area contributed by atoms with E-state index >= 15 is 0 Å². The molecule has 0 unspecified atom stereocenters. The summed E-state index contributed by atoms with van der Waals surface area (Å²) in [6.45, 7) is 6.71. The number of hydrogen-bond donors (Lipinski definition) is 8. The molecule has 0 aliphatic carbocycles. The Kier molecular flexibility index (Phi) is 11.9. The zero-order chi connectivity index (χ0) is 30.2. The number of aromatic hydroxyl groups is 1. The third kappa shape index (κ3) is 9.46. The Morgan fingerprint density at radius 1 is 0.900 bits per heavy atom. The van der Waals surface area contributed by atoms with Crippen molar-refractivity contribution in [1.82, 2.24) is 16.0 Å². The highest BCUT2D eigenvalue weighted by molar-refractivity contribution is 7.81. The van der Waals surface area contributed by atoms with Crippen molar-refractivity contribution in [2.24, 2.45) is 5.73 Å². The molecular weight excluding hydrogens is 552 g/mol. The molecule has 0 fully saturated rings. The van der Waals surface area contributed by atoms with Gasteiger partial charge in [-0.15, -0.1) is 0 Å². The number of carbonyl (C=O) groups excluding carboxylic acids is 3. The summed E-state index contributed by atoms with van der Waals surface area (Å²) in [6.07, 6.45) is 0.254. The van der Waals surface area contributed by atoms with E-state index in [2.05, 4.69) is 41.2 Å². The average molecular weight is 591 g/mol. The number of thiol groups is 2. The Morgan fingerprint density at radius 3 is 1.93 bits per heavy atom. The van der Waals surface area contributed by atoms with Crippen molar-refractivity contribution in [1.29, 1.82) is 0 Å². The lowest BCUT2D eigenvalue weighted by molar-refractivity contribution is -0.143. The summed E-state index contributed by atoms with van der Waals surface area (Å²) in [7, 11) is 0. The summed E-state index contributed by atoms with van der Waals surface area (Å²) in [6, 6.07) is 7.47. The lowest BCUT2D eigenvalue weighted by Crippen LogP contribution is -2.60. The van der Waals surface area contributed by atoms with Gasteiger partial charge >= 0.3 is 5.97 Å². The lowest BCUT2D eigenvalue weighted by atomic mass is 9.96. The molecule has 3 amide bonds. The van der Waals surface area contributed by atoms with Crippen LogP contribution in [0, 0.1) is 13.8 Å². The molecule has 218 valence electrons. The molecule has 0 spiro atoms. The number of phenolic OH excluding ortho intramolecular Hbond substituents is 1. The van der Waals surface area contributed by atoms with Gasteiger partial charge in [0.1, 0.15) is 23.9 Å². The maximum atomic E-state index is 13.2. The van der Waals surface area contributed by atoms with E-state index < -0.39 is 52.6 Å². The molecule has 2 rings (SSSR count). The van der Waals surface area contributed by atoms with Gasteiger partial charge in [0.15, 0.2) is 0 Å². The fourth-order valence-corrected chi connectivity index (χ4v) is 4.62. The van der Waals surface area contributed by atoms with Crippen LogP contribution in [0.25, 0.3) is 0 Å². The van der Waals surface area contributed by atoms with Crippen LogP contribution in [0.5, 0.6) is 5.75 Å². The van der Waals surface area contributed by atoms with Gasteiger partial charge < -0.3 is 31.9 Å². The lowest BCUT2D eigenvalue weighted by Gasteiger charge is -2.29. The van der Waals surface area contributed by atoms with Gasteiger partial charge in [0.05, 0.1) is 6.04 Å². The summed E-state index contributed by atoms with van der Waals surface area (Å²) in [5.41, 5.74) is 9.25. The highest BCUT2D eigenvalue weighted by Gasteiger charge is 2.36. The van der Waals surface area contributed by atoms with Crippen molar-refractivity contribution in [2.75, 3.05) is 5.75 Å². The molecule has 0 aromatic heterocycles. The first-order chi connectivity index (χ1) is 18.6. The van der Waals surface area contributed by atoms with Crippen molar-refractivity contribution in [3.8, 4) is 5.75 Å². The van der Waals surface area contributed by atoms with Crippen molar-refractivity contribution < 1.29 is 29.4 Å². The van der Waals surface area contributed by atoms with Gasteiger partial charge in [-0.3, -0.25) is 14.4 Å². The highest BCUT2D eigenvalue weighted by Crippen LogP contribution is 2.22. The number of rotatable bonds is 13. The molecular formula is C28H38N4O6S2. The predicted molar refractivity (Wildman–Crippen MR) is 160 cm³/mol. The summed E-state index contributed by atoms with van der Waals surface area (Å²) in [4.78, 5) is 51.1. The second-order valence-electron chi connectivity index (χ2n) is 10.3. The number of aryl methyl sites for hydroxylation is 2. The second-order valence-corrected chi connectivity index (χ2v) is 11.8. The van der Waals surface area contributed by atoms with Crippen molar-refractivity contribution in [3.63, 3.8) is 0 Å². The highest BCUT2D eigenvalue weighted by atomic mass is 32.1. The molecule has 12 heteroatoms. The van der Waals surface area contributed by atoms with Crippen molar-refractivity contribution in [2.45, 2.75) is 69.5 Å². The Morgan fingerprint density at radius 2 is 1.43 bits per heavy atom. The van der Waals surface area contributed by atoms with Gasteiger partial charge in [-0.1, -0.05) is 30.3 Å². The summed E-state index contributed by atoms with van der Waals surface area (Å²) < 4.78 is -1.09. The van der Waals surface area contributed by atoms with E-state index in [-0.39, 0.29) is 24.3 Å². The number of carboxylic acid groups (broad SMARTS) is 1. The van der Waals surface area contributed by atoms with Gasteiger partial charge in [-0.05, 0) is 68.5 Å².